The van der Waals surface area contributed by atoms with E-state index in [0.29, 0.717) is 0 Å². The van der Waals surface area contributed by atoms with E-state index in [9.17, 15) is 0 Å². The van der Waals surface area contributed by atoms with Gasteiger partial charge in [-0.2, -0.15) is 10.2 Å². The highest BCUT2D eigenvalue weighted by molar-refractivity contribution is 4.98. The maximum atomic E-state index is 5.39. The van der Waals surface area contributed by atoms with Crippen molar-refractivity contribution in [2.45, 2.75) is 19.5 Å². The van der Waals surface area contributed by atoms with Crippen molar-refractivity contribution in [3.05, 3.63) is 11.8 Å². The highest BCUT2D eigenvalue weighted by atomic mass is 15.2. The van der Waals surface area contributed by atoms with Crippen LogP contribution in [0.1, 0.15) is 13.3 Å². The quantitative estimate of drug-likeness (QED) is 0.498. The van der Waals surface area contributed by atoms with Crippen molar-refractivity contribution < 1.29 is 0 Å². The fourth-order valence-corrected chi connectivity index (χ4v) is 0.544. The fourth-order valence-electron chi connectivity index (χ4n) is 0.544. The van der Waals surface area contributed by atoms with Crippen LogP contribution in [0.3, 0.4) is 0 Å². The number of azo groups is 1. The lowest BCUT2D eigenvalue weighted by atomic mass is 10.3. The van der Waals surface area contributed by atoms with Crippen LogP contribution in [0.4, 0.5) is 0 Å². The molecule has 0 saturated carbocycles. The molecule has 0 aromatic rings. The number of hydrogen-bond acceptors (Lipinski definition) is 3. The van der Waals surface area contributed by atoms with Crippen molar-refractivity contribution in [1.29, 1.82) is 0 Å². The van der Waals surface area contributed by atoms with E-state index in [4.69, 9.17) is 5.73 Å². The molecule has 1 atom stereocenters. The lowest BCUT2D eigenvalue weighted by Gasteiger charge is -2.04. The maximum Gasteiger partial charge on any atom is 0.122 e. The molecule has 44 valence electrons. The van der Waals surface area contributed by atoms with Crippen molar-refractivity contribution >= 4 is 0 Å². The Morgan fingerprint density at radius 2 is 2.62 bits per heavy atom. The third kappa shape index (κ3) is 1.13. The lowest BCUT2D eigenvalue weighted by Crippen LogP contribution is -2.16. The second kappa shape index (κ2) is 2.05. The first kappa shape index (κ1) is 5.44. The smallest absolute Gasteiger partial charge is 0.122 e. The zero-order valence-corrected chi connectivity index (χ0v) is 4.83. The average molecular weight is 111 g/mol. The summed E-state index contributed by atoms with van der Waals surface area (Å²) in [5.74, 6) is 0. The Balaban J connectivity index is 2.58. The molecule has 3 heteroatoms. The Hall–Kier alpha value is -0.700. The molecule has 2 N–H and O–H groups in total. The molecular formula is C5H9N3. The zero-order valence-electron chi connectivity index (χ0n) is 4.83. The van der Waals surface area contributed by atoms with E-state index in [1.807, 2.05) is 13.0 Å². The van der Waals surface area contributed by atoms with Crippen LogP contribution in [-0.4, -0.2) is 6.17 Å². The average Bonchev–Trinajstić information content (AvgIpc) is 1.77. The molecule has 0 fully saturated rings. The largest absolute Gasteiger partial charge is 0.308 e. The molecule has 0 amide bonds. The maximum absolute atomic E-state index is 5.39. The molecule has 0 spiro atoms. The summed E-state index contributed by atoms with van der Waals surface area (Å²) in [4.78, 5) is 0. The Kier molecular flexibility index (Phi) is 1.39. The van der Waals surface area contributed by atoms with Gasteiger partial charge in [0.2, 0.25) is 0 Å². The van der Waals surface area contributed by atoms with E-state index in [0.717, 1.165) is 12.1 Å². The monoisotopic (exact) mass is 111 g/mol. The SMILES string of the molecule is CC1=CCC(N)N=N1. The molecule has 1 aliphatic heterocycles. The van der Waals surface area contributed by atoms with Crippen molar-refractivity contribution in [2.24, 2.45) is 16.0 Å². The zero-order chi connectivity index (χ0) is 5.98. The van der Waals surface area contributed by atoms with Crippen LogP contribution >= 0.6 is 0 Å². The summed E-state index contributed by atoms with van der Waals surface area (Å²) in [6, 6.07) is 0. The van der Waals surface area contributed by atoms with Gasteiger partial charge in [-0.05, 0) is 6.92 Å². The first-order valence-corrected chi connectivity index (χ1v) is 2.62. The molecule has 0 saturated heterocycles. The Labute approximate surface area is 48.3 Å². The molecule has 0 radical (unpaired) electrons. The van der Waals surface area contributed by atoms with Crippen molar-refractivity contribution in [3.8, 4) is 0 Å². The summed E-state index contributed by atoms with van der Waals surface area (Å²) in [7, 11) is 0. The Morgan fingerprint density at radius 1 is 1.88 bits per heavy atom. The Bertz CT molecular complexity index is 137. The first-order valence-electron chi connectivity index (χ1n) is 2.62. The molecule has 0 aliphatic carbocycles. The van der Waals surface area contributed by atoms with Crippen LogP contribution in [0, 0.1) is 0 Å². The molecule has 1 unspecified atom stereocenters. The second-order valence-electron chi connectivity index (χ2n) is 1.86. The standard InChI is InChI=1S/C5H9N3/c1-4-2-3-5(6)8-7-4/h2,5H,3,6H2,1H3. The number of hydrogen-bond donors (Lipinski definition) is 1. The van der Waals surface area contributed by atoms with Crippen LogP contribution in [-0.2, 0) is 0 Å². The fraction of sp³-hybridized carbons (Fsp3) is 0.600. The number of nitrogens with zero attached hydrogens (tertiary/aromatic N) is 2. The third-order valence-corrected chi connectivity index (χ3v) is 1.02. The van der Waals surface area contributed by atoms with Gasteiger partial charge in [0.25, 0.3) is 0 Å². The molecule has 3 nitrogen and oxygen atoms in total. The molecule has 1 heterocycles. The van der Waals surface area contributed by atoms with E-state index >= 15 is 0 Å². The Morgan fingerprint density at radius 3 is 3.00 bits per heavy atom. The van der Waals surface area contributed by atoms with E-state index in [1.165, 1.54) is 0 Å². The topological polar surface area (TPSA) is 50.7 Å². The van der Waals surface area contributed by atoms with E-state index in [-0.39, 0.29) is 6.17 Å². The van der Waals surface area contributed by atoms with Crippen molar-refractivity contribution in [1.82, 2.24) is 0 Å². The summed E-state index contributed by atoms with van der Waals surface area (Å²) in [6.45, 7) is 1.91. The molecule has 0 aromatic carbocycles. The van der Waals surface area contributed by atoms with Crippen LogP contribution < -0.4 is 5.73 Å². The summed E-state index contributed by atoms with van der Waals surface area (Å²) in [5, 5.41) is 7.52. The van der Waals surface area contributed by atoms with Crippen LogP contribution in [0.2, 0.25) is 0 Å². The summed E-state index contributed by atoms with van der Waals surface area (Å²) in [5.41, 5.74) is 6.36. The minimum atomic E-state index is -0.0984. The van der Waals surface area contributed by atoms with Crippen molar-refractivity contribution in [3.63, 3.8) is 0 Å². The number of nitrogens with two attached hydrogens (primary N) is 1. The molecule has 8 heavy (non-hydrogen) atoms. The van der Waals surface area contributed by atoms with Gasteiger partial charge in [0.15, 0.2) is 0 Å². The number of rotatable bonds is 0. The molecule has 1 rings (SSSR count). The first-order chi connectivity index (χ1) is 3.79. The summed E-state index contributed by atoms with van der Waals surface area (Å²) >= 11 is 0. The molecular weight excluding hydrogens is 102 g/mol. The third-order valence-electron chi connectivity index (χ3n) is 1.02. The van der Waals surface area contributed by atoms with Gasteiger partial charge >= 0.3 is 0 Å². The van der Waals surface area contributed by atoms with Gasteiger partial charge in [0.05, 0.1) is 5.70 Å². The predicted molar refractivity (Wildman–Crippen MR) is 31.2 cm³/mol. The number of allylic oxidation sites excluding steroid dienone is 1. The van der Waals surface area contributed by atoms with Gasteiger partial charge in [-0.1, -0.05) is 6.08 Å². The molecule has 0 aromatic heterocycles. The van der Waals surface area contributed by atoms with Gasteiger partial charge in [-0.15, -0.1) is 0 Å². The van der Waals surface area contributed by atoms with Gasteiger partial charge in [-0.25, -0.2) is 0 Å². The van der Waals surface area contributed by atoms with Gasteiger partial charge in [0.1, 0.15) is 6.17 Å². The normalized spacial score (nSPS) is 27.8. The van der Waals surface area contributed by atoms with E-state index in [2.05, 4.69) is 10.2 Å². The van der Waals surface area contributed by atoms with Crippen molar-refractivity contribution in [2.75, 3.05) is 0 Å². The van der Waals surface area contributed by atoms with Crippen LogP contribution in [0.15, 0.2) is 22.0 Å². The van der Waals surface area contributed by atoms with E-state index < -0.39 is 0 Å². The predicted octanol–water partition coefficient (Wildman–Crippen LogP) is 1.03. The van der Waals surface area contributed by atoms with Gasteiger partial charge in [0, 0.05) is 6.42 Å². The lowest BCUT2D eigenvalue weighted by molar-refractivity contribution is 0.651. The molecule has 0 bridgehead atoms. The second-order valence-corrected chi connectivity index (χ2v) is 1.86. The minimum absolute atomic E-state index is 0.0984. The summed E-state index contributed by atoms with van der Waals surface area (Å²) in [6.07, 6.45) is 2.71. The highest BCUT2D eigenvalue weighted by Crippen LogP contribution is 2.07. The van der Waals surface area contributed by atoms with Crippen LogP contribution in [0.25, 0.3) is 0 Å². The summed E-state index contributed by atoms with van der Waals surface area (Å²) < 4.78 is 0. The van der Waals surface area contributed by atoms with Gasteiger partial charge < -0.3 is 5.73 Å². The minimum Gasteiger partial charge on any atom is -0.308 e. The van der Waals surface area contributed by atoms with Gasteiger partial charge in [-0.3, -0.25) is 0 Å². The molecule has 1 aliphatic rings. The van der Waals surface area contributed by atoms with Crippen LogP contribution in [0.5, 0.6) is 0 Å². The van der Waals surface area contributed by atoms with E-state index in [1.54, 1.807) is 0 Å². The highest BCUT2D eigenvalue weighted by Gasteiger charge is 2.00.